The van der Waals surface area contributed by atoms with E-state index in [1.807, 2.05) is 39.0 Å². The van der Waals surface area contributed by atoms with Crippen LogP contribution in [0.4, 0.5) is 4.79 Å². The van der Waals surface area contributed by atoms with E-state index in [0.29, 0.717) is 0 Å². The molecular formula is C16H24BN2O2. The lowest BCUT2D eigenvalue weighted by atomic mass is 9.70. The fourth-order valence-electron chi connectivity index (χ4n) is 2.26. The molecule has 0 saturated carbocycles. The van der Waals surface area contributed by atoms with Crippen LogP contribution < -0.4 is 5.46 Å². The second-order valence-corrected chi connectivity index (χ2v) is 6.38. The molecule has 1 saturated heterocycles. The van der Waals surface area contributed by atoms with Crippen LogP contribution in [-0.2, 0) is 4.74 Å². The first-order valence-corrected chi connectivity index (χ1v) is 7.52. The molecule has 4 nitrogen and oxygen atoms in total. The Morgan fingerprint density at radius 1 is 1.14 bits per heavy atom. The molecule has 0 atom stereocenters. The van der Waals surface area contributed by atoms with Crippen molar-refractivity contribution in [1.82, 2.24) is 9.80 Å². The zero-order valence-electron chi connectivity index (χ0n) is 13.2. The SMILES string of the molecule is CC(C)(C)OC(=O)N1CCN(C[B]c2ccccc2)CC1. The second kappa shape index (κ2) is 6.99. The molecule has 0 unspecified atom stereocenters. The quantitative estimate of drug-likeness (QED) is 0.790. The Labute approximate surface area is 128 Å². The number of benzene rings is 1. The first-order chi connectivity index (χ1) is 9.94. The van der Waals surface area contributed by atoms with E-state index in [9.17, 15) is 4.79 Å². The molecule has 0 aromatic heterocycles. The second-order valence-electron chi connectivity index (χ2n) is 6.38. The summed E-state index contributed by atoms with van der Waals surface area (Å²) in [5.41, 5.74) is 0.821. The molecule has 1 aromatic carbocycles. The first-order valence-electron chi connectivity index (χ1n) is 7.52. The molecule has 2 rings (SSSR count). The maximum Gasteiger partial charge on any atom is 0.410 e. The number of carbonyl (C=O) groups is 1. The summed E-state index contributed by atoms with van der Waals surface area (Å²) in [6.07, 6.45) is 0.723. The van der Waals surface area contributed by atoms with Gasteiger partial charge in [0, 0.05) is 26.2 Å². The Morgan fingerprint density at radius 2 is 1.76 bits per heavy atom. The van der Waals surface area contributed by atoms with Gasteiger partial charge in [-0.25, -0.2) is 4.79 Å². The number of nitrogens with zero attached hydrogens (tertiary/aromatic N) is 2. The molecule has 1 aliphatic heterocycles. The zero-order chi connectivity index (χ0) is 15.3. The highest BCUT2D eigenvalue weighted by atomic mass is 16.6. The monoisotopic (exact) mass is 287 g/mol. The van der Waals surface area contributed by atoms with Gasteiger partial charge in [0.1, 0.15) is 5.60 Å². The maximum absolute atomic E-state index is 12.0. The predicted molar refractivity (Wildman–Crippen MR) is 86.1 cm³/mol. The Morgan fingerprint density at radius 3 is 2.33 bits per heavy atom. The van der Waals surface area contributed by atoms with Crippen molar-refractivity contribution in [3.8, 4) is 0 Å². The van der Waals surface area contributed by atoms with E-state index < -0.39 is 5.60 Å². The minimum absolute atomic E-state index is 0.200. The van der Waals surface area contributed by atoms with Crippen LogP contribution >= 0.6 is 0 Å². The number of ether oxygens (including phenoxy) is 1. The average Bonchev–Trinajstić information content (AvgIpc) is 2.45. The van der Waals surface area contributed by atoms with Gasteiger partial charge in [-0.3, -0.25) is 0 Å². The molecule has 0 N–H and O–H groups in total. The molecule has 1 radical (unpaired) electrons. The number of amides is 1. The lowest BCUT2D eigenvalue weighted by Crippen LogP contribution is -2.51. The van der Waals surface area contributed by atoms with Crippen molar-refractivity contribution < 1.29 is 9.53 Å². The third-order valence-electron chi connectivity index (χ3n) is 3.41. The van der Waals surface area contributed by atoms with Gasteiger partial charge in [0.05, 0.1) is 0 Å². The van der Waals surface area contributed by atoms with Crippen molar-refractivity contribution in [3.05, 3.63) is 30.3 Å². The Balaban J connectivity index is 1.72. The van der Waals surface area contributed by atoms with E-state index in [0.717, 1.165) is 32.6 Å². The molecule has 0 aliphatic carbocycles. The molecular weight excluding hydrogens is 263 g/mol. The van der Waals surface area contributed by atoms with E-state index in [-0.39, 0.29) is 6.09 Å². The van der Waals surface area contributed by atoms with Crippen LogP contribution in [0, 0.1) is 0 Å². The van der Waals surface area contributed by atoms with Crippen molar-refractivity contribution in [2.75, 3.05) is 32.6 Å². The van der Waals surface area contributed by atoms with Gasteiger partial charge in [0.2, 0.25) is 0 Å². The molecule has 0 spiro atoms. The van der Waals surface area contributed by atoms with E-state index >= 15 is 0 Å². The Kier molecular flexibility index (Phi) is 5.29. The van der Waals surface area contributed by atoms with E-state index in [1.54, 1.807) is 4.90 Å². The van der Waals surface area contributed by atoms with Gasteiger partial charge in [-0.15, -0.1) is 0 Å². The van der Waals surface area contributed by atoms with Crippen LogP contribution in [0.3, 0.4) is 0 Å². The third kappa shape index (κ3) is 5.42. The van der Waals surface area contributed by atoms with Gasteiger partial charge >= 0.3 is 6.09 Å². The summed E-state index contributed by atoms with van der Waals surface area (Å²) in [6.45, 7) is 8.95. The van der Waals surface area contributed by atoms with Crippen LogP contribution in [0.25, 0.3) is 0 Å². The molecule has 5 heteroatoms. The van der Waals surface area contributed by atoms with E-state index in [2.05, 4.69) is 24.3 Å². The highest BCUT2D eigenvalue weighted by molar-refractivity contribution is 6.53. The van der Waals surface area contributed by atoms with Crippen LogP contribution in [-0.4, -0.2) is 61.4 Å². The molecule has 21 heavy (non-hydrogen) atoms. The van der Waals surface area contributed by atoms with Gasteiger partial charge in [-0.2, -0.15) is 0 Å². The summed E-state index contributed by atoms with van der Waals surface area (Å²) in [7, 11) is 2.23. The fraction of sp³-hybridized carbons (Fsp3) is 0.562. The largest absolute Gasteiger partial charge is 0.444 e. The smallest absolute Gasteiger partial charge is 0.410 e. The fourth-order valence-corrected chi connectivity index (χ4v) is 2.26. The first kappa shape index (κ1) is 15.9. The molecule has 1 fully saturated rings. The summed E-state index contributed by atoms with van der Waals surface area (Å²) in [5.74, 6) is 0. The highest BCUT2D eigenvalue weighted by Crippen LogP contribution is 2.11. The molecule has 1 aromatic rings. The zero-order valence-corrected chi connectivity index (χ0v) is 13.2. The standard InChI is InChI=1S/C16H24BN2O2/c1-16(2,3)21-15(20)19-11-9-18(10-12-19)13-17-14-7-5-4-6-8-14/h4-8H,9-13H2,1-3H3. The van der Waals surface area contributed by atoms with Crippen LogP contribution in [0.1, 0.15) is 20.8 Å². The van der Waals surface area contributed by atoms with Gasteiger partial charge < -0.3 is 14.5 Å². The summed E-state index contributed by atoms with van der Waals surface area (Å²) < 4.78 is 5.40. The number of hydrogen-bond donors (Lipinski definition) is 0. The highest BCUT2D eigenvalue weighted by Gasteiger charge is 2.25. The molecule has 1 amide bonds. The summed E-state index contributed by atoms with van der Waals surface area (Å²) >= 11 is 0. The molecule has 1 heterocycles. The molecule has 0 bridgehead atoms. The summed E-state index contributed by atoms with van der Waals surface area (Å²) in [4.78, 5) is 16.1. The van der Waals surface area contributed by atoms with Gasteiger partial charge in [0.25, 0.3) is 0 Å². The van der Waals surface area contributed by atoms with Crippen molar-refractivity contribution in [2.45, 2.75) is 26.4 Å². The van der Waals surface area contributed by atoms with Crippen LogP contribution in [0.2, 0.25) is 0 Å². The lowest BCUT2D eigenvalue weighted by Gasteiger charge is -2.35. The predicted octanol–water partition coefficient (Wildman–Crippen LogP) is 1.53. The lowest BCUT2D eigenvalue weighted by molar-refractivity contribution is 0.0158. The van der Waals surface area contributed by atoms with Crippen molar-refractivity contribution >= 4 is 18.8 Å². The third-order valence-corrected chi connectivity index (χ3v) is 3.41. The van der Waals surface area contributed by atoms with Crippen LogP contribution in [0.15, 0.2) is 30.3 Å². The normalized spacial score (nSPS) is 16.6. The average molecular weight is 287 g/mol. The van der Waals surface area contributed by atoms with Crippen molar-refractivity contribution in [1.29, 1.82) is 0 Å². The summed E-state index contributed by atoms with van der Waals surface area (Å²) in [6, 6.07) is 10.3. The van der Waals surface area contributed by atoms with Crippen molar-refractivity contribution in [3.63, 3.8) is 0 Å². The van der Waals surface area contributed by atoms with E-state index in [1.165, 1.54) is 5.46 Å². The van der Waals surface area contributed by atoms with Crippen molar-refractivity contribution in [2.24, 2.45) is 0 Å². The Hall–Kier alpha value is -1.49. The number of carbonyl (C=O) groups excluding carboxylic acids is 1. The maximum atomic E-state index is 12.0. The van der Waals surface area contributed by atoms with Crippen LogP contribution in [0.5, 0.6) is 0 Å². The number of hydrogen-bond acceptors (Lipinski definition) is 3. The number of piperazine rings is 1. The van der Waals surface area contributed by atoms with E-state index in [4.69, 9.17) is 4.74 Å². The topological polar surface area (TPSA) is 32.8 Å². The number of rotatable bonds is 3. The minimum Gasteiger partial charge on any atom is -0.444 e. The summed E-state index contributed by atoms with van der Waals surface area (Å²) in [5, 5.41) is 0. The Bertz CT molecular complexity index is 451. The molecule has 1 aliphatic rings. The van der Waals surface area contributed by atoms with Gasteiger partial charge in [0.15, 0.2) is 7.28 Å². The van der Waals surface area contributed by atoms with Gasteiger partial charge in [-0.1, -0.05) is 35.8 Å². The minimum atomic E-state index is -0.421. The van der Waals surface area contributed by atoms with Gasteiger partial charge in [-0.05, 0) is 27.2 Å². The molecule has 113 valence electrons.